The molecule has 2 rings (SSSR count). The van der Waals surface area contributed by atoms with Crippen molar-refractivity contribution in [3.63, 3.8) is 0 Å². The lowest BCUT2D eigenvalue weighted by atomic mass is 9.97. The SMILES string of the molecule is CC(C)NC(=O)[C@H](C)OC(=O)[C@@H]1COc2ccc(Cl)cc2C1. The fourth-order valence-corrected chi connectivity index (χ4v) is 2.44. The van der Waals surface area contributed by atoms with Crippen molar-refractivity contribution in [3.05, 3.63) is 28.8 Å². The molecule has 120 valence electrons. The highest BCUT2D eigenvalue weighted by molar-refractivity contribution is 6.30. The smallest absolute Gasteiger partial charge is 0.313 e. The van der Waals surface area contributed by atoms with Crippen LogP contribution in [0.4, 0.5) is 0 Å². The number of amides is 1. The molecule has 0 saturated carbocycles. The summed E-state index contributed by atoms with van der Waals surface area (Å²) in [7, 11) is 0. The van der Waals surface area contributed by atoms with Gasteiger partial charge in [-0.05, 0) is 51.0 Å². The van der Waals surface area contributed by atoms with Gasteiger partial charge in [-0.1, -0.05) is 11.6 Å². The van der Waals surface area contributed by atoms with Crippen LogP contribution in [0.5, 0.6) is 5.75 Å². The van der Waals surface area contributed by atoms with Crippen LogP contribution in [-0.4, -0.2) is 30.6 Å². The second-order valence-electron chi connectivity index (χ2n) is 5.71. The Labute approximate surface area is 134 Å². The van der Waals surface area contributed by atoms with E-state index in [4.69, 9.17) is 21.1 Å². The number of nitrogens with one attached hydrogen (secondary N) is 1. The summed E-state index contributed by atoms with van der Waals surface area (Å²) in [5.41, 5.74) is 0.875. The molecule has 1 aliphatic heterocycles. The third-order valence-electron chi connectivity index (χ3n) is 3.36. The van der Waals surface area contributed by atoms with Crippen LogP contribution in [0.15, 0.2) is 18.2 Å². The number of carbonyl (C=O) groups is 2. The molecule has 0 unspecified atom stereocenters. The Morgan fingerprint density at radius 3 is 2.77 bits per heavy atom. The van der Waals surface area contributed by atoms with E-state index in [-0.39, 0.29) is 18.6 Å². The summed E-state index contributed by atoms with van der Waals surface area (Å²) in [6.07, 6.45) is -0.330. The normalized spacial score (nSPS) is 18.1. The highest BCUT2D eigenvalue weighted by atomic mass is 35.5. The van der Waals surface area contributed by atoms with Gasteiger partial charge in [0.05, 0.1) is 5.92 Å². The minimum Gasteiger partial charge on any atom is -0.492 e. The minimum absolute atomic E-state index is 0.000634. The van der Waals surface area contributed by atoms with E-state index in [1.54, 1.807) is 25.1 Å². The van der Waals surface area contributed by atoms with E-state index < -0.39 is 18.0 Å². The first-order valence-corrected chi connectivity index (χ1v) is 7.66. The molecule has 6 heteroatoms. The molecule has 1 N–H and O–H groups in total. The fourth-order valence-electron chi connectivity index (χ4n) is 2.24. The molecule has 0 bridgehead atoms. The van der Waals surface area contributed by atoms with Crippen LogP contribution < -0.4 is 10.1 Å². The molecule has 0 saturated heterocycles. The Bertz CT molecular complexity index is 573. The lowest BCUT2D eigenvalue weighted by molar-refractivity contribution is -0.160. The van der Waals surface area contributed by atoms with Crippen LogP contribution >= 0.6 is 11.6 Å². The van der Waals surface area contributed by atoms with Gasteiger partial charge in [0.25, 0.3) is 5.91 Å². The highest BCUT2D eigenvalue weighted by Gasteiger charge is 2.30. The predicted molar refractivity (Wildman–Crippen MR) is 83.0 cm³/mol. The van der Waals surface area contributed by atoms with Crippen molar-refractivity contribution in [3.8, 4) is 5.75 Å². The van der Waals surface area contributed by atoms with Crippen molar-refractivity contribution < 1.29 is 19.1 Å². The zero-order valence-corrected chi connectivity index (χ0v) is 13.6. The maximum Gasteiger partial charge on any atom is 0.313 e. The molecule has 1 aliphatic rings. The average molecular weight is 326 g/mol. The van der Waals surface area contributed by atoms with Gasteiger partial charge in [0.1, 0.15) is 12.4 Å². The van der Waals surface area contributed by atoms with E-state index in [0.29, 0.717) is 11.4 Å². The molecule has 0 spiro atoms. The molecular formula is C16H20ClNO4. The van der Waals surface area contributed by atoms with Gasteiger partial charge in [0.2, 0.25) is 0 Å². The number of fused-ring (bicyclic) bond motifs is 1. The molecule has 0 aromatic heterocycles. The topological polar surface area (TPSA) is 64.6 Å². The molecule has 0 aliphatic carbocycles. The number of hydrogen-bond donors (Lipinski definition) is 1. The third kappa shape index (κ3) is 4.13. The zero-order chi connectivity index (χ0) is 16.3. The molecule has 1 heterocycles. The van der Waals surface area contributed by atoms with Crippen LogP contribution in [0, 0.1) is 5.92 Å². The molecule has 5 nitrogen and oxygen atoms in total. The van der Waals surface area contributed by atoms with Gasteiger partial charge in [-0.25, -0.2) is 0 Å². The average Bonchev–Trinajstić information content (AvgIpc) is 2.45. The molecule has 0 radical (unpaired) electrons. The molecule has 22 heavy (non-hydrogen) atoms. The molecule has 0 fully saturated rings. The monoisotopic (exact) mass is 325 g/mol. The van der Waals surface area contributed by atoms with Gasteiger partial charge in [-0.15, -0.1) is 0 Å². The molecule has 1 amide bonds. The lowest BCUT2D eigenvalue weighted by Crippen LogP contribution is -2.41. The zero-order valence-electron chi connectivity index (χ0n) is 12.9. The third-order valence-corrected chi connectivity index (χ3v) is 3.59. The van der Waals surface area contributed by atoms with Crippen molar-refractivity contribution >= 4 is 23.5 Å². The van der Waals surface area contributed by atoms with Gasteiger partial charge >= 0.3 is 5.97 Å². The first kappa shape index (κ1) is 16.6. The Balaban J connectivity index is 1.95. The summed E-state index contributed by atoms with van der Waals surface area (Å²) in [6, 6.07) is 5.32. The quantitative estimate of drug-likeness (QED) is 0.863. The summed E-state index contributed by atoms with van der Waals surface area (Å²) in [5, 5.41) is 3.31. The van der Waals surface area contributed by atoms with E-state index >= 15 is 0 Å². The number of carbonyl (C=O) groups excluding carboxylic acids is 2. The van der Waals surface area contributed by atoms with Crippen LogP contribution in [0.3, 0.4) is 0 Å². The van der Waals surface area contributed by atoms with Crippen molar-refractivity contribution in [2.75, 3.05) is 6.61 Å². The van der Waals surface area contributed by atoms with E-state index in [0.717, 1.165) is 11.3 Å². The minimum atomic E-state index is -0.823. The van der Waals surface area contributed by atoms with Gasteiger partial charge < -0.3 is 14.8 Å². The second-order valence-corrected chi connectivity index (χ2v) is 6.14. The summed E-state index contributed by atoms with van der Waals surface area (Å²) in [6.45, 7) is 5.50. The number of halogens is 1. The number of benzene rings is 1. The Kier molecular flexibility index (Phi) is 5.29. The standard InChI is InChI=1S/C16H20ClNO4/c1-9(2)18-15(19)10(3)22-16(20)12-6-11-7-13(17)4-5-14(11)21-8-12/h4-5,7,9-10,12H,6,8H2,1-3H3,(H,18,19)/t10-,12-/m0/s1. The summed E-state index contributed by atoms with van der Waals surface area (Å²) < 4.78 is 10.8. The summed E-state index contributed by atoms with van der Waals surface area (Å²) in [4.78, 5) is 24.0. The fraction of sp³-hybridized carbons (Fsp3) is 0.500. The Morgan fingerprint density at radius 1 is 1.36 bits per heavy atom. The molecule has 1 aromatic carbocycles. The maximum atomic E-state index is 12.2. The van der Waals surface area contributed by atoms with Crippen LogP contribution in [0.2, 0.25) is 5.02 Å². The van der Waals surface area contributed by atoms with Crippen LogP contribution in [0.1, 0.15) is 26.3 Å². The lowest BCUT2D eigenvalue weighted by Gasteiger charge is -2.25. The number of esters is 1. The van der Waals surface area contributed by atoms with E-state index in [1.807, 2.05) is 13.8 Å². The summed E-state index contributed by atoms with van der Waals surface area (Å²) >= 11 is 5.95. The van der Waals surface area contributed by atoms with E-state index in [9.17, 15) is 9.59 Å². The molecule has 2 atom stereocenters. The summed E-state index contributed by atoms with van der Waals surface area (Å²) in [5.74, 6) is -0.431. The Morgan fingerprint density at radius 2 is 2.09 bits per heavy atom. The largest absolute Gasteiger partial charge is 0.492 e. The number of rotatable bonds is 4. The van der Waals surface area contributed by atoms with E-state index in [2.05, 4.69) is 5.32 Å². The van der Waals surface area contributed by atoms with Crippen molar-refractivity contribution in [2.24, 2.45) is 5.92 Å². The van der Waals surface area contributed by atoms with Crippen molar-refractivity contribution in [1.29, 1.82) is 0 Å². The van der Waals surface area contributed by atoms with Crippen molar-refractivity contribution in [2.45, 2.75) is 39.3 Å². The number of ether oxygens (including phenoxy) is 2. The van der Waals surface area contributed by atoms with Crippen LogP contribution in [0.25, 0.3) is 0 Å². The highest BCUT2D eigenvalue weighted by Crippen LogP contribution is 2.30. The maximum absolute atomic E-state index is 12.2. The molecule has 1 aromatic rings. The van der Waals surface area contributed by atoms with Crippen molar-refractivity contribution in [1.82, 2.24) is 5.32 Å². The first-order valence-electron chi connectivity index (χ1n) is 7.29. The molecular weight excluding hydrogens is 306 g/mol. The van der Waals surface area contributed by atoms with Gasteiger partial charge in [-0.3, -0.25) is 9.59 Å². The van der Waals surface area contributed by atoms with Gasteiger partial charge in [0.15, 0.2) is 6.10 Å². The number of hydrogen-bond acceptors (Lipinski definition) is 4. The van der Waals surface area contributed by atoms with E-state index in [1.165, 1.54) is 0 Å². The van der Waals surface area contributed by atoms with Crippen LogP contribution in [-0.2, 0) is 20.7 Å². The Hall–Kier alpha value is -1.75. The van der Waals surface area contributed by atoms with Gasteiger partial charge in [0, 0.05) is 11.1 Å². The van der Waals surface area contributed by atoms with Gasteiger partial charge in [-0.2, -0.15) is 0 Å². The second kappa shape index (κ2) is 7.01. The first-order chi connectivity index (χ1) is 10.4. The predicted octanol–water partition coefficient (Wildman–Crippen LogP) is 2.35.